The van der Waals surface area contributed by atoms with E-state index in [1.165, 1.54) is 12.1 Å². The quantitative estimate of drug-likeness (QED) is 0.844. The Kier molecular flexibility index (Phi) is 2.92. The maximum absolute atomic E-state index is 13.5. The molecule has 0 aliphatic heterocycles. The largest absolute Gasteiger partial charge is 0.319 e. The molecule has 2 N–H and O–H groups in total. The summed E-state index contributed by atoms with van der Waals surface area (Å²) in [5.41, 5.74) is 6.43. The first-order valence-electron chi connectivity index (χ1n) is 4.80. The lowest BCUT2D eigenvalue weighted by molar-refractivity contribution is 0.494. The van der Waals surface area contributed by atoms with Gasteiger partial charge in [-0.05, 0) is 18.2 Å². The van der Waals surface area contributed by atoms with Crippen LogP contribution in [0.3, 0.4) is 0 Å². The molecule has 1 aromatic heterocycles. The van der Waals surface area contributed by atoms with Gasteiger partial charge < -0.3 is 5.73 Å². The van der Waals surface area contributed by atoms with Crippen molar-refractivity contribution in [1.29, 1.82) is 0 Å². The van der Waals surface area contributed by atoms with Gasteiger partial charge in [-0.1, -0.05) is 18.2 Å². The highest BCUT2D eigenvalue weighted by Gasteiger charge is 2.16. The van der Waals surface area contributed by atoms with Crippen LogP contribution in [-0.4, -0.2) is 4.98 Å². The zero-order chi connectivity index (χ0) is 11.5. The molecule has 0 amide bonds. The van der Waals surface area contributed by atoms with Gasteiger partial charge in [-0.3, -0.25) is 4.98 Å². The molecule has 1 aromatic carbocycles. The van der Waals surface area contributed by atoms with Crippen LogP contribution in [0.4, 0.5) is 8.78 Å². The fraction of sp³-hybridized carbons (Fsp3) is 0.0833. The summed E-state index contributed by atoms with van der Waals surface area (Å²) in [5.74, 6) is -1.82. The fourth-order valence-corrected chi connectivity index (χ4v) is 1.48. The number of hydrogen-bond acceptors (Lipinski definition) is 2. The van der Waals surface area contributed by atoms with Crippen molar-refractivity contribution in [2.45, 2.75) is 6.04 Å². The molecule has 2 rings (SSSR count). The van der Waals surface area contributed by atoms with Crippen molar-refractivity contribution in [2.24, 2.45) is 5.73 Å². The van der Waals surface area contributed by atoms with Gasteiger partial charge >= 0.3 is 0 Å². The lowest BCUT2D eigenvalue weighted by Crippen LogP contribution is -2.15. The van der Waals surface area contributed by atoms with Crippen LogP contribution in [0.2, 0.25) is 0 Å². The van der Waals surface area contributed by atoms with Crippen molar-refractivity contribution >= 4 is 0 Å². The molecule has 0 fully saturated rings. The molecule has 2 aromatic rings. The van der Waals surface area contributed by atoms with E-state index in [4.69, 9.17) is 5.73 Å². The fourth-order valence-electron chi connectivity index (χ4n) is 1.48. The zero-order valence-corrected chi connectivity index (χ0v) is 8.40. The van der Waals surface area contributed by atoms with E-state index in [1.54, 1.807) is 24.4 Å². The molecule has 0 spiro atoms. The first-order valence-corrected chi connectivity index (χ1v) is 4.80. The van der Waals surface area contributed by atoms with E-state index in [-0.39, 0.29) is 5.56 Å². The van der Waals surface area contributed by atoms with Crippen molar-refractivity contribution in [3.63, 3.8) is 0 Å². The van der Waals surface area contributed by atoms with Crippen LogP contribution in [0, 0.1) is 11.6 Å². The van der Waals surface area contributed by atoms with Crippen LogP contribution in [-0.2, 0) is 0 Å². The topological polar surface area (TPSA) is 38.9 Å². The normalized spacial score (nSPS) is 12.4. The van der Waals surface area contributed by atoms with Gasteiger partial charge in [0.2, 0.25) is 0 Å². The second-order valence-electron chi connectivity index (χ2n) is 3.38. The predicted molar refractivity (Wildman–Crippen MR) is 56.6 cm³/mol. The number of nitrogens with zero attached hydrogens (tertiary/aromatic N) is 1. The standard InChI is InChI=1S/C12H10F2N2/c13-9-5-3-4-8(11(9)14)12(15)10-6-1-2-7-16-10/h1-7,12H,15H2. The van der Waals surface area contributed by atoms with Crippen LogP contribution >= 0.6 is 0 Å². The van der Waals surface area contributed by atoms with E-state index >= 15 is 0 Å². The number of rotatable bonds is 2. The SMILES string of the molecule is NC(c1ccccn1)c1cccc(F)c1F. The van der Waals surface area contributed by atoms with E-state index < -0.39 is 17.7 Å². The highest BCUT2D eigenvalue weighted by atomic mass is 19.2. The predicted octanol–water partition coefficient (Wildman–Crippen LogP) is 2.41. The Morgan fingerprint density at radius 1 is 1.06 bits per heavy atom. The maximum Gasteiger partial charge on any atom is 0.163 e. The van der Waals surface area contributed by atoms with Crippen LogP contribution < -0.4 is 5.73 Å². The summed E-state index contributed by atoms with van der Waals surface area (Å²) in [4.78, 5) is 4.01. The molecular weight excluding hydrogens is 210 g/mol. The average molecular weight is 220 g/mol. The second-order valence-corrected chi connectivity index (χ2v) is 3.38. The van der Waals surface area contributed by atoms with Gasteiger partial charge in [0.1, 0.15) is 0 Å². The maximum atomic E-state index is 13.5. The first-order chi connectivity index (χ1) is 7.70. The molecule has 16 heavy (non-hydrogen) atoms. The first kappa shape index (κ1) is 10.7. The van der Waals surface area contributed by atoms with Crippen molar-refractivity contribution in [3.05, 3.63) is 65.5 Å². The number of aromatic nitrogens is 1. The van der Waals surface area contributed by atoms with Gasteiger partial charge in [-0.25, -0.2) is 8.78 Å². The Labute approximate surface area is 91.7 Å². The third-order valence-electron chi connectivity index (χ3n) is 2.32. The summed E-state index contributed by atoms with van der Waals surface area (Å²) in [6.07, 6.45) is 1.56. The molecule has 4 heteroatoms. The minimum Gasteiger partial charge on any atom is -0.319 e. The Hall–Kier alpha value is -1.81. The van der Waals surface area contributed by atoms with E-state index in [1.807, 2.05) is 0 Å². The van der Waals surface area contributed by atoms with Crippen LogP contribution in [0.25, 0.3) is 0 Å². The Morgan fingerprint density at radius 2 is 1.88 bits per heavy atom. The van der Waals surface area contributed by atoms with Gasteiger partial charge in [0.25, 0.3) is 0 Å². The highest BCUT2D eigenvalue weighted by Crippen LogP contribution is 2.21. The van der Waals surface area contributed by atoms with Crippen LogP contribution in [0.15, 0.2) is 42.6 Å². The van der Waals surface area contributed by atoms with Crippen molar-refractivity contribution in [1.82, 2.24) is 4.98 Å². The van der Waals surface area contributed by atoms with E-state index in [0.717, 1.165) is 6.07 Å². The highest BCUT2D eigenvalue weighted by molar-refractivity contribution is 5.29. The van der Waals surface area contributed by atoms with E-state index in [0.29, 0.717) is 5.69 Å². The monoisotopic (exact) mass is 220 g/mol. The van der Waals surface area contributed by atoms with Gasteiger partial charge in [0, 0.05) is 11.8 Å². The molecule has 0 aliphatic rings. The van der Waals surface area contributed by atoms with E-state index in [9.17, 15) is 8.78 Å². The number of nitrogens with two attached hydrogens (primary N) is 1. The van der Waals surface area contributed by atoms with Gasteiger partial charge in [-0.15, -0.1) is 0 Å². The molecule has 1 unspecified atom stereocenters. The lowest BCUT2D eigenvalue weighted by Gasteiger charge is -2.12. The third kappa shape index (κ3) is 1.92. The van der Waals surface area contributed by atoms with Gasteiger partial charge in [0.15, 0.2) is 11.6 Å². The molecule has 0 radical (unpaired) electrons. The number of pyridine rings is 1. The minimum atomic E-state index is -0.916. The second kappa shape index (κ2) is 4.37. The summed E-state index contributed by atoms with van der Waals surface area (Å²) in [7, 11) is 0. The molecule has 0 aliphatic carbocycles. The lowest BCUT2D eigenvalue weighted by atomic mass is 10.0. The van der Waals surface area contributed by atoms with Crippen molar-refractivity contribution < 1.29 is 8.78 Å². The molecule has 0 bridgehead atoms. The number of hydrogen-bond donors (Lipinski definition) is 1. The minimum absolute atomic E-state index is 0.110. The number of halogens is 2. The molecule has 2 nitrogen and oxygen atoms in total. The summed E-state index contributed by atoms with van der Waals surface area (Å²) < 4.78 is 26.5. The van der Waals surface area contributed by atoms with Crippen LogP contribution in [0.5, 0.6) is 0 Å². The molecule has 1 atom stereocenters. The molecule has 82 valence electrons. The molecule has 0 saturated carbocycles. The Balaban J connectivity index is 2.42. The smallest absolute Gasteiger partial charge is 0.163 e. The number of benzene rings is 1. The van der Waals surface area contributed by atoms with Gasteiger partial charge in [0.05, 0.1) is 11.7 Å². The summed E-state index contributed by atoms with van der Waals surface area (Å²) in [6.45, 7) is 0. The zero-order valence-electron chi connectivity index (χ0n) is 8.40. The summed E-state index contributed by atoms with van der Waals surface area (Å²) >= 11 is 0. The summed E-state index contributed by atoms with van der Waals surface area (Å²) in [6, 6.07) is 8.35. The third-order valence-corrected chi connectivity index (χ3v) is 2.32. The summed E-state index contributed by atoms with van der Waals surface area (Å²) in [5, 5.41) is 0. The average Bonchev–Trinajstić information content (AvgIpc) is 2.33. The van der Waals surface area contributed by atoms with Crippen LogP contribution in [0.1, 0.15) is 17.3 Å². The molecule has 1 heterocycles. The molecule has 0 saturated heterocycles. The Morgan fingerprint density at radius 3 is 2.56 bits per heavy atom. The van der Waals surface area contributed by atoms with Gasteiger partial charge in [-0.2, -0.15) is 0 Å². The Bertz CT molecular complexity index is 486. The van der Waals surface area contributed by atoms with E-state index in [2.05, 4.69) is 4.98 Å². The van der Waals surface area contributed by atoms with Crippen molar-refractivity contribution in [3.8, 4) is 0 Å². The molecular formula is C12H10F2N2. The van der Waals surface area contributed by atoms with Crippen molar-refractivity contribution in [2.75, 3.05) is 0 Å².